The minimum absolute atomic E-state index is 0.136. The number of hydrogen-bond acceptors (Lipinski definition) is 6. The van der Waals surface area contributed by atoms with Crippen molar-refractivity contribution in [1.82, 2.24) is 4.90 Å². The van der Waals surface area contributed by atoms with Crippen molar-refractivity contribution in [1.29, 1.82) is 0 Å². The van der Waals surface area contributed by atoms with Gasteiger partial charge in [-0.05, 0) is 19.8 Å². The van der Waals surface area contributed by atoms with E-state index in [9.17, 15) is 19.7 Å². The lowest BCUT2D eigenvalue weighted by Gasteiger charge is -2.23. The van der Waals surface area contributed by atoms with Crippen molar-refractivity contribution in [3.63, 3.8) is 0 Å². The highest BCUT2D eigenvalue weighted by Crippen LogP contribution is 2.36. The average Bonchev–Trinajstić information content (AvgIpc) is 3.01. The molecule has 1 aromatic rings. The molecule has 1 unspecified atom stereocenters. The Bertz CT molecular complexity index is 689. The third-order valence-corrected chi connectivity index (χ3v) is 4.06. The van der Waals surface area contributed by atoms with Crippen LogP contribution in [0.5, 0.6) is 11.5 Å². The zero-order valence-electron chi connectivity index (χ0n) is 14.1. The van der Waals surface area contributed by atoms with Crippen LogP contribution in [0.3, 0.4) is 0 Å². The Morgan fingerprint density at radius 3 is 2.68 bits per heavy atom. The zero-order chi connectivity index (χ0) is 18.6. The molecule has 9 heteroatoms. The summed E-state index contributed by atoms with van der Waals surface area (Å²) in [6.45, 7) is 2.38. The van der Waals surface area contributed by atoms with E-state index in [0.717, 1.165) is 6.07 Å². The Labute approximate surface area is 144 Å². The molecule has 1 aromatic carbocycles. The lowest BCUT2D eigenvalue weighted by molar-refractivity contribution is -0.385. The quantitative estimate of drug-likeness (QED) is 0.589. The SMILES string of the molecule is CCOc1cc([N+](=O)[O-])c(C(=O)N2CCCC2CC(=O)O)cc1OC. The Morgan fingerprint density at radius 1 is 1.40 bits per heavy atom. The molecule has 1 aliphatic rings. The summed E-state index contributed by atoms with van der Waals surface area (Å²) in [5.41, 5.74) is -0.530. The van der Waals surface area contributed by atoms with Gasteiger partial charge in [0.2, 0.25) is 0 Å². The number of benzene rings is 1. The largest absolute Gasteiger partial charge is 0.493 e. The molecule has 1 saturated heterocycles. The van der Waals surface area contributed by atoms with E-state index in [2.05, 4.69) is 0 Å². The molecule has 1 N–H and O–H groups in total. The number of nitro groups is 1. The van der Waals surface area contributed by atoms with Crippen LogP contribution >= 0.6 is 0 Å². The number of hydrogen-bond donors (Lipinski definition) is 1. The maximum absolute atomic E-state index is 12.8. The molecule has 1 fully saturated rings. The first-order chi connectivity index (χ1) is 11.9. The van der Waals surface area contributed by atoms with Crippen LogP contribution in [0.2, 0.25) is 0 Å². The van der Waals surface area contributed by atoms with Gasteiger partial charge in [0, 0.05) is 18.7 Å². The van der Waals surface area contributed by atoms with E-state index in [-0.39, 0.29) is 30.1 Å². The smallest absolute Gasteiger partial charge is 0.305 e. The van der Waals surface area contributed by atoms with Gasteiger partial charge in [-0.15, -0.1) is 0 Å². The summed E-state index contributed by atoms with van der Waals surface area (Å²) in [7, 11) is 1.38. The molecule has 1 amide bonds. The standard InChI is InChI=1S/C16H20N2O7/c1-3-25-14-9-12(18(22)23)11(8-13(14)24-2)16(21)17-6-4-5-10(17)7-15(19)20/h8-10H,3-7H2,1-2H3,(H,19,20). The summed E-state index contributed by atoms with van der Waals surface area (Å²) in [6, 6.07) is 1.97. The van der Waals surface area contributed by atoms with Crippen molar-refractivity contribution in [2.75, 3.05) is 20.3 Å². The van der Waals surface area contributed by atoms with E-state index in [1.54, 1.807) is 6.92 Å². The van der Waals surface area contributed by atoms with E-state index in [0.29, 0.717) is 19.4 Å². The Hall–Kier alpha value is -2.84. The number of methoxy groups -OCH3 is 1. The number of carboxylic acids is 1. The number of carbonyl (C=O) groups excluding carboxylic acids is 1. The maximum atomic E-state index is 12.8. The van der Waals surface area contributed by atoms with Gasteiger partial charge in [-0.25, -0.2) is 0 Å². The third-order valence-electron chi connectivity index (χ3n) is 4.06. The van der Waals surface area contributed by atoms with Gasteiger partial charge < -0.3 is 19.5 Å². The highest BCUT2D eigenvalue weighted by Gasteiger charge is 2.35. The van der Waals surface area contributed by atoms with Crippen molar-refractivity contribution < 1.29 is 29.1 Å². The molecular weight excluding hydrogens is 332 g/mol. The average molecular weight is 352 g/mol. The van der Waals surface area contributed by atoms with E-state index in [4.69, 9.17) is 14.6 Å². The van der Waals surface area contributed by atoms with Crippen LogP contribution in [0.25, 0.3) is 0 Å². The summed E-state index contributed by atoms with van der Waals surface area (Å²) < 4.78 is 10.5. The van der Waals surface area contributed by atoms with Crippen molar-refractivity contribution in [3.05, 3.63) is 27.8 Å². The van der Waals surface area contributed by atoms with Crippen molar-refractivity contribution in [2.45, 2.75) is 32.2 Å². The summed E-state index contributed by atoms with van der Waals surface area (Å²) >= 11 is 0. The predicted octanol–water partition coefficient (Wildman–Crippen LogP) is 2.08. The van der Waals surface area contributed by atoms with Crippen LogP contribution in [0.15, 0.2) is 12.1 Å². The monoisotopic (exact) mass is 352 g/mol. The summed E-state index contributed by atoms with van der Waals surface area (Å²) in [5, 5.41) is 20.4. The molecule has 0 bridgehead atoms. The Balaban J connectivity index is 2.43. The van der Waals surface area contributed by atoms with Gasteiger partial charge in [-0.2, -0.15) is 0 Å². The summed E-state index contributed by atoms with van der Waals surface area (Å²) in [4.78, 5) is 35.9. The lowest BCUT2D eigenvalue weighted by Crippen LogP contribution is -2.37. The zero-order valence-corrected chi connectivity index (χ0v) is 14.1. The molecule has 136 valence electrons. The highest BCUT2D eigenvalue weighted by molar-refractivity contribution is 5.99. The van der Waals surface area contributed by atoms with Gasteiger partial charge in [-0.3, -0.25) is 19.7 Å². The first kappa shape index (κ1) is 18.5. The number of rotatable bonds is 7. The van der Waals surface area contributed by atoms with E-state index in [1.165, 1.54) is 18.1 Å². The fourth-order valence-electron chi connectivity index (χ4n) is 2.97. The van der Waals surface area contributed by atoms with Crippen molar-refractivity contribution in [3.8, 4) is 11.5 Å². The second-order valence-corrected chi connectivity index (χ2v) is 5.60. The normalized spacial score (nSPS) is 16.6. The summed E-state index contributed by atoms with van der Waals surface area (Å²) in [6.07, 6.45) is 1.03. The number of carbonyl (C=O) groups is 2. The van der Waals surface area contributed by atoms with Gasteiger partial charge in [-0.1, -0.05) is 0 Å². The minimum Gasteiger partial charge on any atom is -0.493 e. The van der Waals surface area contributed by atoms with Gasteiger partial charge in [0.25, 0.3) is 11.6 Å². The maximum Gasteiger partial charge on any atom is 0.305 e. The number of ether oxygens (including phenoxy) is 2. The molecule has 1 atom stereocenters. The lowest BCUT2D eigenvalue weighted by atomic mass is 10.1. The van der Waals surface area contributed by atoms with Gasteiger partial charge >= 0.3 is 5.97 Å². The molecule has 0 spiro atoms. The first-order valence-corrected chi connectivity index (χ1v) is 7.91. The molecule has 25 heavy (non-hydrogen) atoms. The van der Waals surface area contributed by atoms with Gasteiger partial charge in [0.05, 0.1) is 31.1 Å². The van der Waals surface area contributed by atoms with E-state index >= 15 is 0 Å². The van der Waals surface area contributed by atoms with Crippen LogP contribution < -0.4 is 9.47 Å². The molecule has 0 saturated carbocycles. The molecule has 9 nitrogen and oxygen atoms in total. The van der Waals surface area contributed by atoms with Crippen molar-refractivity contribution >= 4 is 17.6 Å². The minimum atomic E-state index is -1.01. The number of aliphatic carboxylic acids is 1. The third kappa shape index (κ3) is 3.98. The Kier molecular flexibility index (Phi) is 5.79. The summed E-state index contributed by atoms with van der Waals surface area (Å²) in [5.74, 6) is -1.19. The second-order valence-electron chi connectivity index (χ2n) is 5.60. The topological polar surface area (TPSA) is 119 Å². The molecule has 1 aliphatic heterocycles. The van der Waals surface area contributed by atoms with Crippen LogP contribution in [-0.2, 0) is 4.79 Å². The molecular formula is C16H20N2O7. The van der Waals surface area contributed by atoms with Crippen molar-refractivity contribution in [2.24, 2.45) is 0 Å². The Morgan fingerprint density at radius 2 is 2.12 bits per heavy atom. The number of amides is 1. The van der Waals surface area contributed by atoms with Crippen LogP contribution in [0, 0.1) is 10.1 Å². The molecule has 0 aliphatic carbocycles. The number of likely N-dealkylation sites (tertiary alicyclic amines) is 1. The highest BCUT2D eigenvalue weighted by atomic mass is 16.6. The predicted molar refractivity (Wildman–Crippen MR) is 87.1 cm³/mol. The van der Waals surface area contributed by atoms with E-state index < -0.39 is 28.5 Å². The van der Waals surface area contributed by atoms with Crippen LogP contribution in [0.1, 0.15) is 36.5 Å². The van der Waals surface area contributed by atoms with Gasteiger partial charge in [0.15, 0.2) is 11.5 Å². The first-order valence-electron chi connectivity index (χ1n) is 7.91. The van der Waals surface area contributed by atoms with Crippen LogP contribution in [-0.4, -0.2) is 53.1 Å². The number of nitro benzene ring substituents is 1. The molecule has 2 rings (SSSR count). The van der Waals surface area contributed by atoms with Crippen LogP contribution in [0.4, 0.5) is 5.69 Å². The molecule has 0 radical (unpaired) electrons. The fraction of sp³-hybridized carbons (Fsp3) is 0.500. The molecule has 0 aromatic heterocycles. The fourth-order valence-corrected chi connectivity index (χ4v) is 2.97. The van der Waals surface area contributed by atoms with E-state index in [1.807, 2.05) is 0 Å². The van der Waals surface area contributed by atoms with Gasteiger partial charge in [0.1, 0.15) is 5.56 Å². The second kappa shape index (κ2) is 7.82. The number of carboxylic acid groups (broad SMARTS) is 1. The molecule has 1 heterocycles. The number of nitrogens with zero attached hydrogens (tertiary/aromatic N) is 2.